The summed E-state index contributed by atoms with van der Waals surface area (Å²) in [5, 5.41) is 0.776. The number of allylic oxidation sites excluding steroid dienone is 4. The number of thioether (sulfide) groups is 2. The van der Waals surface area contributed by atoms with Crippen LogP contribution in [0.25, 0.3) is 0 Å². The summed E-state index contributed by atoms with van der Waals surface area (Å²) in [5.74, 6) is 2.75. The average Bonchev–Trinajstić information content (AvgIpc) is 3.04. The molecule has 46 heavy (non-hydrogen) atoms. The van der Waals surface area contributed by atoms with Crippen molar-refractivity contribution in [2.75, 3.05) is 32.1 Å². The summed E-state index contributed by atoms with van der Waals surface area (Å²) in [6.07, 6.45) is 42.0. The molecule has 0 unspecified atom stereocenters. The molecule has 0 bridgehead atoms. The van der Waals surface area contributed by atoms with Crippen LogP contribution >= 0.6 is 23.5 Å². The third kappa shape index (κ3) is 36.3. The number of hydrogen-bond donors (Lipinski definition) is 0. The molecule has 0 radical (unpaired) electrons. The van der Waals surface area contributed by atoms with Crippen molar-refractivity contribution in [2.45, 2.75) is 187 Å². The largest absolute Gasteiger partial charge is 0.309 e. The standard InChI is InChI=1S/C41H77NO2S2/c1-5-7-9-11-13-21-29-37-45-40(43)34-25-19-15-17-23-31-39(33-27-28-36-42(3)4)32-24-18-16-20-26-35-41(44)46-38-30-22-14-12-10-8-6-2/h13-14,21-22,39H,5-12,15-20,23-38H2,1-4H3/b21-13-,22-14-. The van der Waals surface area contributed by atoms with Gasteiger partial charge in [-0.3, -0.25) is 9.59 Å². The predicted molar refractivity (Wildman–Crippen MR) is 211 cm³/mol. The van der Waals surface area contributed by atoms with E-state index in [1.54, 1.807) is 0 Å². The van der Waals surface area contributed by atoms with Gasteiger partial charge >= 0.3 is 0 Å². The molecular weight excluding hydrogens is 603 g/mol. The average molecular weight is 680 g/mol. The highest BCUT2D eigenvalue weighted by molar-refractivity contribution is 8.13. The summed E-state index contributed by atoms with van der Waals surface area (Å²) in [7, 11) is 4.36. The fraction of sp³-hybridized carbons (Fsp3) is 0.854. The van der Waals surface area contributed by atoms with E-state index in [9.17, 15) is 9.59 Å². The van der Waals surface area contributed by atoms with E-state index in [0.717, 1.165) is 55.9 Å². The van der Waals surface area contributed by atoms with Crippen molar-refractivity contribution < 1.29 is 9.59 Å². The maximum Gasteiger partial charge on any atom is 0.188 e. The van der Waals surface area contributed by atoms with Gasteiger partial charge in [0.25, 0.3) is 0 Å². The monoisotopic (exact) mass is 680 g/mol. The fourth-order valence-corrected chi connectivity index (χ4v) is 7.42. The van der Waals surface area contributed by atoms with Crippen molar-refractivity contribution in [3.63, 3.8) is 0 Å². The first kappa shape index (κ1) is 45.5. The molecule has 0 aromatic rings. The lowest BCUT2D eigenvalue weighted by molar-refractivity contribution is -0.111. The first-order valence-electron chi connectivity index (χ1n) is 19.8. The van der Waals surface area contributed by atoms with Gasteiger partial charge in [0.1, 0.15) is 0 Å². The van der Waals surface area contributed by atoms with Crippen molar-refractivity contribution in [3.05, 3.63) is 24.3 Å². The Morgan fingerprint density at radius 1 is 0.500 bits per heavy atom. The summed E-state index contributed by atoms with van der Waals surface area (Å²) < 4.78 is 0. The number of nitrogens with zero attached hydrogens (tertiary/aromatic N) is 1. The molecule has 0 aromatic heterocycles. The zero-order chi connectivity index (χ0) is 33.8. The van der Waals surface area contributed by atoms with Crippen LogP contribution in [0.4, 0.5) is 0 Å². The van der Waals surface area contributed by atoms with Gasteiger partial charge in [0.2, 0.25) is 0 Å². The molecule has 0 aliphatic carbocycles. The SMILES string of the molecule is CCCCC/C=C\CCSC(=O)CCCCCCCC(CCCCCCCC(=O)SCC/C=C\CCCCC)CCCCN(C)C. The predicted octanol–water partition coefficient (Wildman–Crippen LogP) is 13.4. The summed E-state index contributed by atoms with van der Waals surface area (Å²) >= 11 is 3.08. The summed E-state index contributed by atoms with van der Waals surface area (Å²) in [6.45, 7) is 5.68. The molecule has 0 aliphatic heterocycles. The molecule has 3 nitrogen and oxygen atoms in total. The van der Waals surface area contributed by atoms with Gasteiger partial charge in [-0.25, -0.2) is 0 Å². The Kier molecular flexibility index (Phi) is 36.9. The molecule has 0 rings (SSSR count). The van der Waals surface area contributed by atoms with Crippen molar-refractivity contribution >= 4 is 33.8 Å². The van der Waals surface area contributed by atoms with E-state index in [4.69, 9.17) is 0 Å². The Morgan fingerprint density at radius 3 is 1.33 bits per heavy atom. The van der Waals surface area contributed by atoms with E-state index < -0.39 is 0 Å². The lowest BCUT2D eigenvalue weighted by Crippen LogP contribution is -2.13. The molecule has 0 heterocycles. The number of carbonyl (C=O) groups is 2. The Balaban J connectivity index is 3.92. The minimum atomic E-state index is 0.388. The van der Waals surface area contributed by atoms with Gasteiger partial charge in [-0.15, -0.1) is 0 Å². The maximum atomic E-state index is 12.2. The Bertz CT molecular complexity index is 669. The smallest absolute Gasteiger partial charge is 0.188 e. The second kappa shape index (κ2) is 37.3. The highest BCUT2D eigenvalue weighted by Crippen LogP contribution is 2.24. The van der Waals surface area contributed by atoms with Crippen LogP contribution in [0.5, 0.6) is 0 Å². The van der Waals surface area contributed by atoms with Crippen LogP contribution < -0.4 is 0 Å². The molecular formula is C41H77NO2S2. The fourth-order valence-electron chi connectivity index (χ4n) is 5.88. The Hall–Kier alpha value is -0.520. The molecule has 0 saturated carbocycles. The molecule has 270 valence electrons. The van der Waals surface area contributed by atoms with E-state index in [1.165, 1.54) is 165 Å². The van der Waals surface area contributed by atoms with Crippen LogP contribution in [0.3, 0.4) is 0 Å². The van der Waals surface area contributed by atoms with Gasteiger partial charge < -0.3 is 4.90 Å². The van der Waals surface area contributed by atoms with Crippen molar-refractivity contribution in [1.29, 1.82) is 0 Å². The second-order valence-electron chi connectivity index (χ2n) is 13.7. The van der Waals surface area contributed by atoms with Crippen LogP contribution in [0.2, 0.25) is 0 Å². The quantitative estimate of drug-likeness (QED) is 0.0492. The highest BCUT2D eigenvalue weighted by atomic mass is 32.2. The maximum absolute atomic E-state index is 12.2. The van der Waals surface area contributed by atoms with E-state index in [1.807, 2.05) is 0 Å². The topological polar surface area (TPSA) is 37.4 Å². The summed E-state index contributed by atoms with van der Waals surface area (Å²) in [5.41, 5.74) is 0. The zero-order valence-electron chi connectivity index (χ0n) is 31.2. The summed E-state index contributed by atoms with van der Waals surface area (Å²) in [4.78, 5) is 26.7. The third-order valence-electron chi connectivity index (χ3n) is 8.83. The molecule has 0 N–H and O–H groups in total. The lowest BCUT2D eigenvalue weighted by atomic mass is 9.90. The van der Waals surface area contributed by atoms with Gasteiger partial charge in [0, 0.05) is 24.3 Å². The van der Waals surface area contributed by atoms with Gasteiger partial charge in [-0.05, 0) is 84.3 Å². The van der Waals surface area contributed by atoms with E-state index in [2.05, 4.69) is 57.1 Å². The van der Waals surface area contributed by atoms with Crippen molar-refractivity contribution in [3.8, 4) is 0 Å². The molecule has 5 heteroatoms. The minimum Gasteiger partial charge on any atom is -0.309 e. The van der Waals surface area contributed by atoms with Crippen LogP contribution in [0.1, 0.15) is 187 Å². The molecule has 0 atom stereocenters. The van der Waals surface area contributed by atoms with Crippen LogP contribution in [0, 0.1) is 5.92 Å². The molecule has 0 saturated heterocycles. The molecule has 0 amide bonds. The van der Waals surface area contributed by atoms with Crippen LogP contribution in [-0.4, -0.2) is 47.3 Å². The van der Waals surface area contributed by atoms with Gasteiger partial charge in [0.15, 0.2) is 10.2 Å². The number of rotatable bonds is 35. The Labute approximate surface area is 296 Å². The molecule has 0 aromatic carbocycles. The first-order valence-corrected chi connectivity index (χ1v) is 21.7. The van der Waals surface area contributed by atoms with Crippen molar-refractivity contribution in [1.82, 2.24) is 4.90 Å². The van der Waals surface area contributed by atoms with Crippen molar-refractivity contribution in [2.24, 2.45) is 5.92 Å². The first-order chi connectivity index (χ1) is 22.5. The zero-order valence-corrected chi connectivity index (χ0v) is 32.8. The summed E-state index contributed by atoms with van der Waals surface area (Å²) in [6, 6.07) is 0. The Morgan fingerprint density at radius 2 is 0.891 bits per heavy atom. The van der Waals surface area contributed by atoms with E-state index in [-0.39, 0.29) is 0 Å². The van der Waals surface area contributed by atoms with Crippen LogP contribution in [0.15, 0.2) is 24.3 Å². The highest BCUT2D eigenvalue weighted by Gasteiger charge is 2.10. The molecule has 0 spiro atoms. The van der Waals surface area contributed by atoms with Gasteiger partial charge in [-0.1, -0.05) is 164 Å². The molecule has 0 aliphatic rings. The van der Waals surface area contributed by atoms with Gasteiger partial charge in [-0.2, -0.15) is 0 Å². The molecule has 0 fully saturated rings. The number of hydrogen-bond acceptors (Lipinski definition) is 5. The minimum absolute atomic E-state index is 0.388. The third-order valence-corrected chi connectivity index (χ3v) is 10.8. The second-order valence-corrected chi connectivity index (χ2v) is 16.0. The normalized spacial score (nSPS) is 12.0. The van der Waals surface area contributed by atoms with Crippen LogP contribution in [-0.2, 0) is 9.59 Å². The van der Waals surface area contributed by atoms with E-state index in [0.29, 0.717) is 10.2 Å². The lowest BCUT2D eigenvalue weighted by Gasteiger charge is -2.18. The number of unbranched alkanes of at least 4 members (excludes halogenated alkanes) is 15. The van der Waals surface area contributed by atoms with Gasteiger partial charge in [0.05, 0.1) is 0 Å². The van der Waals surface area contributed by atoms with E-state index >= 15 is 0 Å². The number of carbonyl (C=O) groups excluding carboxylic acids is 2.